The highest BCUT2D eigenvalue weighted by atomic mass is 79.9. The van der Waals surface area contributed by atoms with Crippen molar-refractivity contribution in [2.24, 2.45) is 0 Å². The van der Waals surface area contributed by atoms with E-state index in [0.29, 0.717) is 12.1 Å². The van der Waals surface area contributed by atoms with Crippen molar-refractivity contribution >= 4 is 15.9 Å². The average molecular weight is 310 g/mol. The van der Waals surface area contributed by atoms with E-state index in [1.807, 2.05) is 18.3 Å². The first-order valence-electron chi connectivity index (χ1n) is 6.00. The lowest BCUT2D eigenvalue weighted by molar-refractivity contribution is 0.169. The number of hydrogen-bond donors (Lipinski definition) is 1. The summed E-state index contributed by atoms with van der Waals surface area (Å²) in [5, 5.41) is 10.1. The van der Waals surface area contributed by atoms with E-state index in [9.17, 15) is 5.11 Å². The first-order chi connectivity index (χ1) is 8.70. The molecule has 0 spiro atoms. The van der Waals surface area contributed by atoms with Gasteiger partial charge in [-0.3, -0.25) is 4.98 Å². The number of aromatic nitrogens is 3. The van der Waals surface area contributed by atoms with Gasteiger partial charge < -0.3 is 9.67 Å². The van der Waals surface area contributed by atoms with E-state index in [-0.39, 0.29) is 0 Å². The van der Waals surface area contributed by atoms with E-state index in [4.69, 9.17) is 0 Å². The molecule has 1 atom stereocenters. The fourth-order valence-corrected chi connectivity index (χ4v) is 2.07. The lowest BCUT2D eigenvalue weighted by Gasteiger charge is -2.11. The highest BCUT2D eigenvalue weighted by Crippen LogP contribution is 2.17. The number of pyridine rings is 1. The summed E-state index contributed by atoms with van der Waals surface area (Å²) in [6, 6.07) is 3.70. The van der Waals surface area contributed by atoms with Crippen LogP contribution in [0.25, 0.3) is 0 Å². The highest BCUT2D eigenvalue weighted by molar-refractivity contribution is 9.10. The van der Waals surface area contributed by atoms with E-state index in [2.05, 4.69) is 37.4 Å². The van der Waals surface area contributed by atoms with Gasteiger partial charge in [0.2, 0.25) is 0 Å². The van der Waals surface area contributed by atoms with Crippen LogP contribution in [0.3, 0.4) is 0 Å². The molecule has 0 aliphatic heterocycles. The van der Waals surface area contributed by atoms with Gasteiger partial charge in [-0.05, 0) is 34.5 Å². The van der Waals surface area contributed by atoms with Gasteiger partial charge in [0.15, 0.2) is 0 Å². The smallest absolute Gasteiger partial charge is 0.111 e. The van der Waals surface area contributed by atoms with E-state index < -0.39 is 6.10 Å². The number of halogens is 1. The largest absolute Gasteiger partial charge is 0.386 e. The number of aliphatic hydroxyl groups excluding tert-OH is 1. The van der Waals surface area contributed by atoms with Crippen LogP contribution < -0.4 is 0 Å². The normalized spacial score (nSPS) is 12.6. The van der Waals surface area contributed by atoms with Crippen LogP contribution in [0.4, 0.5) is 0 Å². The van der Waals surface area contributed by atoms with E-state index in [0.717, 1.165) is 23.3 Å². The molecule has 0 aliphatic rings. The van der Waals surface area contributed by atoms with Gasteiger partial charge in [-0.25, -0.2) is 4.98 Å². The summed E-state index contributed by atoms with van der Waals surface area (Å²) >= 11 is 3.33. The third kappa shape index (κ3) is 3.17. The molecule has 2 aromatic heterocycles. The monoisotopic (exact) mass is 309 g/mol. The van der Waals surface area contributed by atoms with Crippen molar-refractivity contribution in [2.45, 2.75) is 32.4 Å². The van der Waals surface area contributed by atoms with Gasteiger partial charge in [0.1, 0.15) is 11.9 Å². The molecule has 1 N–H and O–H groups in total. The molecule has 0 saturated carbocycles. The maximum Gasteiger partial charge on any atom is 0.111 e. The minimum absolute atomic E-state index is 0.488. The zero-order chi connectivity index (χ0) is 13.0. The minimum atomic E-state index is -0.615. The Morgan fingerprint density at radius 2 is 2.22 bits per heavy atom. The lowest BCUT2D eigenvalue weighted by atomic mass is 10.1. The predicted octanol–water partition coefficient (Wildman–Crippen LogP) is 2.73. The van der Waals surface area contributed by atoms with Gasteiger partial charge in [0, 0.05) is 36.0 Å². The van der Waals surface area contributed by atoms with Crippen LogP contribution >= 0.6 is 15.9 Å². The zero-order valence-electron chi connectivity index (χ0n) is 10.3. The van der Waals surface area contributed by atoms with Crippen molar-refractivity contribution in [3.63, 3.8) is 0 Å². The number of hydrogen-bond acceptors (Lipinski definition) is 3. The van der Waals surface area contributed by atoms with Crippen LogP contribution in [-0.4, -0.2) is 19.6 Å². The van der Waals surface area contributed by atoms with Crippen molar-refractivity contribution in [3.05, 3.63) is 46.7 Å². The van der Waals surface area contributed by atoms with Gasteiger partial charge in [0.25, 0.3) is 0 Å². The Hall–Kier alpha value is -1.20. The number of aryl methyl sites for hydroxylation is 1. The molecule has 4 nitrogen and oxygen atoms in total. The molecule has 0 bridgehead atoms. The highest BCUT2D eigenvalue weighted by Gasteiger charge is 2.13. The van der Waals surface area contributed by atoms with Crippen molar-refractivity contribution < 1.29 is 5.11 Å². The molecule has 2 heterocycles. The first-order valence-corrected chi connectivity index (χ1v) is 6.79. The molecule has 96 valence electrons. The second-order valence-electron chi connectivity index (χ2n) is 4.16. The van der Waals surface area contributed by atoms with E-state index in [1.54, 1.807) is 12.4 Å². The second kappa shape index (κ2) is 6.11. The SMILES string of the molecule is CCCn1ccnc1CC(O)c1ccc(Br)cn1. The standard InChI is InChI=1S/C13H16BrN3O/c1-2-6-17-7-5-15-13(17)8-12(18)11-4-3-10(14)9-16-11/h3-5,7,9,12,18H,2,6,8H2,1H3. The summed E-state index contributed by atoms with van der Waals surface area (Å²) < 4.78 is 2.98. The first kappa shape index (κ1) is 13.2. The van der Waals surface area contributed by atoms with Crippen LogP contribution in [0, 0.1) is 0 Å². The molecule has 2 rings (SSSR count). The Balaban J connectivity index is 2.08. The summed E-state index contributed by atoms with van der Waals surface area (Å²) in [5.74, 6) is 0.897. The zero-order valence-corrected chi connectivity index (χ0v) is 11.8. The van der Waals surface area contributed by atoms with Crippen molar-refractivity contribution in [1.29, 1.82) is 0 Å². The Morgan fingerprint density at radius 3 is 2.89 bits per heavy atom. The Labute approximate surface area is 115 Å². The van der Waals surface area contributed by atoms with E-state index >= 15 is 0 Å². The molecule has 5 heteroatoms. The summed E-state index contributed by atoms with van der Waals surface area (Å²) in [5.41, 5.74) is 0.671. The molecule has 0 radical (unpaired) electrons. The third-order valence-electron chi connectivity index (χ3n) is 2.73. The Bertz CT molecular complexity index is 495. The van der Waals surface area contributed by atoms with Crippen LogP contribution in [0.2, 0.25) is 0 Å². The molecule has 0 aliphatic carbocycles. The van der Waals surface area contributed by atoms with Gasteiger partial charge in [0.05, 0.1) is 5.69 Å². The molecule has 0 amide bonds. The number of nitrogens with zero attached hydrogens (tertiary/aromatic N) is 3. The molecule has 18 heavy (non-hydrogen) atoms. The Kier molecular flexibility index (Phi) is 4.49. The Morgan fingerprint density at radius 1 is 1.39 bits per heavy atom. The van der Waals surface area contributed by atoms with Gasteiger partial charge in [-0.2, -0.15) is 0 Å². The van der Waals surface area contributed by atoms with Crippen molar-refractivity contribution in [1.82, 2.24) is 14.5 Å². The number of rotatable bonds is 5. The maximum absolute atomic E-state index is 10.1. The van der Waals surface area contributed by atoms with Gasteiger partial charge in [-0.15, -0.1) is 0 Å². The quantitative estimate of drug-likeness (QED) is 0.924. The number of aliphatic hydroxyl groups is 1. The molecule has 0 aromatic carbocycles. The molecule has 0 fully saturated rings. The topological polar surface area (TPSA) is 50.9 Å². The third-order valence-corrected chi connectivity index (χ3v) is 3.20. The maximum atomic E-state index is 10.1. The fraction of sp³-hybridized carbons (Fsp3) is 0.385. The molecule has 2 aromatic rings. The number of imidazole rings is 1. The van der Waals surface area contributed by atoms with Gasteiger partial charge in [-0.1, -0.05) is 6.92 Å². The minimum Gasteiger partial charge on any atom is -0.386 e. The summed E-state index contributed by atoms with van der Waals surface area (Å²) in [4.78, 5) is 8.48. The second-order valence-corrected chi connectivity index (χ2v) is 5.07. The fourth-order valence-electron chi connectivity index (χ4n) is 1.84. The molecular weight excluding hydrogens is 294 g/mol. The van der Waals surface area contributed by atoms with Gasteiger partial charge >= 0.3 is 0 Å². The average Bonchev–Trinajstić information content (AvgIpc) is 2.78. The summed E-state index contributed by atoms with van der Waals surface area (Å²) in [6.07, 6.45) is 6.33. The van der Waals surface area contributed by atoms with Crippen LogP contribution in [-0.2, 0) is 13.0 Å². The molecular formula is C13H16BrN3O. The molecule has 0 saturated heterocycles. The van der Waals surface area contributed by atoms with E-state index in [1.165, 1.54) is 0 Å². The van der Waals surface area contributed by atoms with Crippen molar-refractivity contribution in [3.8, 4) is 0 Å². The lowest BCUT2D eigenvalue weighted by Crippen LogP contribution is -2.10. The van der Waals surface area contributed by atoms with Crippen LogP contribution in [0.1, 0.15) is 31.0 Å². The van der Waals surface area contributed by atoms with Crippen molar-refractivity contribution in [2.75, 3.05) is 0 Å². The predicted molar refractivity (Wildman–Crippen MR) is 73.1 cm³/mol. The van der Waals surface area contributed by atoms with Crippen LogP contribution in [0.15, 0.2) is 35.2 Å². The summed E-state index contributed by atoms with van der Waals surface area (Å²) in [6.45, 7) is 3.05. The molecule has 1 unspecified atom stereocenters. The van der Waals surface area contributed by atoms with Crippen LogP contribution in [0.5, 0.6) is 0 Å². The summed E-state index contributed by atoms with van der Waals surface area (Å²) in [7, 11) is 0.